The van der Waals surface area contributed by atoms with Crippen LogP contribution in [0.2, 0.25) is 0 Å². The van der Waals surface area contributed by atoms with Gasteiger partial charge in [0.1, 0.15) is 6.61 Å². The molecule has 0 amide bonds. The van der Waals surface area contributed by atoms with Crippen LogP contribution in [0.5, 0.6) is 0 Å². The van der Waals surface area contributed by atoms with Crippen LogP contribution in [0, 0.1) is 5.41 Å². The second-order valence-corrected chi connectivity index (χ2v) is 6.03. The fourth-order valence-electron chi connectivity index (χ4n) is 2.33. The van der Waals surface area contributed by atoms with Crippen LogP contribution < -0.4 is 0 Å². The maximum absolute atomic E-state index is 5.39. The Bertz CT molecular complexity index is 475. The highest BCUT2D eigenvalue weighted by Crippen LogP contribution is 2.37. The molecule has 1 aliphatic heterocycles. The van der Waals surface area contributed by atoms with Gasteiger partial charge in [-0.2, -0.15) is 0 Å². The molecule has 0 fully saturated rings. The van der Waals surface area contributed by atoms with Crippen molar-refractivity contribution < 1.29 is 4.84 Å². The molecule has 2 nitrogen and oxygen atoms in total. The first kappa shape index (κ1) is 15.7. The van der Waals surface area contributed by atoms with Gasteiger partial charge in [0.15, 0.2) is 0 Å². The maximum atomic E-state index is 5.39. The van der Waals surface area contributed by atoms with Crippen LogP contribution in [0.3, 0.4) is 0 Å². The highest BCUT2D eigenvalue weighted by molar-refractivity contribution is 6.08. The van der Waals surface area contributed by atoms with Gasteiger partial charge in [-0.1, -0.05) is 36.7 Å². The lowest BCUT2D eigenvalue weighted by atomic mass is 9.76. The minimum absolute atomic E-state index is 0.0171. The van der Waals surface area contributed by atoms with Crippen LogP contribution in [-0.4, -0.2) is 12.3 Å². The first-order chi connectivity index (χ1) is 8.74. The van der Waals surface area contributed by atoms with Crippen LogP contribution in [0.1, 0.15) is 54.9 Å². The van der Waals surface area contributed by atoms with E-state index in [1.54, 1.807) is 0 Å². The minimum atomic E-state index is 0.0171. The number of oxime groups is 1. The standard InChI is InChI=1S/C17H27NO/c1-9-17(8)10-19-18-16(17)15(12(4)5)14(7)13(6)11(2)3/h2,9-10H2,1,3-8H3/b14-13-. The monoisotopic (exact) mass is 261 g/mol. The third kappa shape index (κ3) is 2.99. The average Bonchev–Trinajstić information content (AvgIpc) is 2.71. The van der Waals surface area contributed by atoms with Crippen molar-refractivity contribution in [1.82, 2.24) is 0 Å². The lowest BCUT2D eigenvalue weighted by Crippen LogP contribution is -2.29. The van der Waals surface area contributed by atoms with Crippen LogP contribution in [0.4, 0.5) is 0 Å². The smallest absolute Gasteiger partial charge is 0.128 e. The third-order valence-electron chi connectivity index (χ3n) is 4.21. The van der Waals surface area contributed by atoms with Gasteiger partial charge in [-0.3, -0.25) is 0 Å². The molecule has 1 rings (SSSR count). The van der Waals surface area contributed by atoms with Crippen molar-refractivity contribution in [3.63, 3.8) is 0 Å². The normalized spacial score (nSPS) is 23.4. The van der Waals surface area contributed by atoms with Gasteiger partial charge in [-0.25, -0.2) is 0 Å². The SMILES string of the molecule is C=C(C)/C(C)=C(/C)C(C1=NOCC1(C)CC)=C(C)C. The molecule has 1 unspecified atom stereocenters. The Hall–Kier alpha value is -1.31. The lowest BCUT2D eigenvalue weighted by Gasteiger charge is -2.25. The number of allylic oxidation sites excluding steroid dienone is 5. The van der Waals surface area contributed by atoms with E-state index in [9.17, 15) is 0 Å². The third-order valence-corrected chi connectivity index (χ3v) is 4.21. The summed E-state index contributed by atoms with van der Waals surface area (Å²) in [5, 5.41) is 4.34. The van der Waals surface area contributed by atoms with Gasteiger partial charge in [-0.05, 0) is 52.2 Å². The molecule has 0 N–H and O–H groups in total. The Morgan fingerprint density at radius 2 is 1.79 bits per heavy atom. The van der Waals surface area contributed by atoms with Crippen molar-refractivity contribution in [1.29, 1.82) is 0 Å². The summed E-state index contributed by atoms with van der Waals surface area (Å²) in [6.45, 7) is 19.8. The maximum Gasteiger partial charge on any atom is 0.128 e. The van der Waals surface area contributed by atoms with E-state index in [-0.39, 0.29) is 5.41 Å². The lowest BCUT2D eigenvalue weighted by molar-refractivity contribution is 0.125. The zero-order valence-corrected chi connectivity index (χ0v) is 13.5. The Morgan fingerprint density at radius 1 is 1.21 bits per heavy atom. The summed E-state index contributed by atoms with van der Waals surface area (Å²) in [7, 11) is 0. The van der Waals surface area contributed by atoms with Crippen molar-refractivity contribution in [2.75, 3.05) is 6.61 Å². The number of hydrogen-bond acceptors (Lipinski definition) is 2. The van der Waals surface area contributed by atoms with Crippen molar-refractivity contribution in [3.8, 4) is 0 Å². The molecule has 1 atom stereocenters. The topological polar surface area (TPSA) is 21.6 Å². The van der Waals surface area contributed by atoms with Gasteiger partial charge >= 0.3 is 0 Å². The molecule has 0 aromatic carbocycles. The summed E-state index contributed by atoms with van der Waals surface area (Å²) in [5.41, 5.74) is 7.23. The van der Waals surface area contributed by atoms with Crippen molar-refractivity contribution >= 4 is 5.71 Å². The summed E-state index contributed by atoms with van der Waals surface area (Å²) in [6.07, 6.45) is 1.03. The van der Waals surface area contributed by atoms with Crippen LogP contribution >= 0.6 is 0 Å². The molecular weight excluding hydrogens is 234 g/mol. The summed E-state index contributed by atoms with van der Waals surface area (Å²) >= 11 is 0. The van der Waals surface area contributed by atoms with E-state index in [1.807, 2.05) is 6.92 Å². The first-order valence-electron chi connectivity index (χ1n) is 6.96. The molecule has 0 spiro atoms. The van der Waals surface area contributed by atoms with Gasteiger partial charge in [0.05, 0.1) is 11.1 Å². The Balaban J connectivity index is 3.39. The van der Waals surface area contributed by atoms with E-state index in [0.717, 1.165) is 17.7 Å². The predicted octanol–water partition coefficient (Wildman–Crippen LogP) is 5.04. The highest BCUT2D eigenvalue weighted by atomic mass is 16.6. The Labute approximate surface area is 117 Å². The van der Waals surface area contributed by atoms with Gasteiger partial charge in [-0.15, -0.1) is 0 Å². The van der Waals surface area contributed by atoms with Crippen molar-refractivity contribution in [3.05, 3.63) is 34.4 Å². The molecule has 19 heavy (non-hydrogen) atoms. The summed E-state index contributed by atoms with van der Waals surface area (Å²) in [5.74, 6) is 0. The highest BCUT2D eigenvalue weighted by Gasteiger charge is 2.38. The fourth-order valence-corrected chi connectivity index (χ4v) is 2.33. The van der Waals surface area contributed by atoms with Crippen LogP contribution in [0.15, 0.2) is 39.6 Å². The van der Waals surface area contributed by atoms with Gasteiger partial charge < -0.3 is 4.84 Å². The summed E-state index contributed by atoms with van der Waals surface area (Å²) < 4.78 is 0. The largest absolute Gasteiger partial charge is 0.395 e. The van der Waals surface area contributed by atoms with Crippen molar-refractivity contribution in [2.24, 2.45) is 10.6 Å². The molecule has 106 valence electrons. The fraction of sp³-hybridized carbons (Fsp3) is 0.588. The number of hydrogen-bond donors (Lipinski definition) is 0. The van der Waals surface area contributed by atoms with E-state index in [1.165, 1.54) is 22.3 Å². The minimum Gasteiger partial charge on any atom is -0.395 e. The van der Waals surface area contributed by atoms with Crippen LogP contribution in [0.25, 0.3) is 0 Å². The molecule has 0 radical (unpaired) electrons. The first-order valence-corrected chi connectivity index (χ1v) is 6.96. The molecule has 2 heteroatoms. The van der Waals surface area contributed by atoms with Gasteiger partial charge in [0.2, 0.25) is 0 Å². The second-order valence-electron chi connectivity index (χ2n) is 6.03. The Kier molecular flexibility index (Phi) is 4.78. The van der Waals surface area contributed by atoms with E-state index in [4.69, 9.17) is 4.84 Å². The zero-order chi connectivity index (χ0) is 14.8. The summed E-state index contributed by atoms with van der Waals surface area (Å²) in [4.78, 5) is 5.39. The van der Waals surface area contributed by atoms with Gasteiger partial charge in [0, 0.05) is 5.57 Å². The van der Waals surface area contributed by atoms with Crippen LogP contribution in [-0.2, 0) is 4.84 Å². The van der Waals surface area contributed by atoms with Gasteiger partial charge in [0.25, 0.3) is 0 Å². The van der Waals surface area contributed by atoms with E-state index in [2.05, 4.69) is 53.3 Å². The number of rotatable bonds is 4. The molecule has 0 aromatic heterocycles. The number of nitrogens with zero attached hydrogens (tertiary/aromatic N) is 1. The molecule has 0 bridgehead atoms. The molecule has 0 aromatic rings. The summed E-state index contributed by atoms with van der Waals surface area (Å²) in [6, 6.07) is 0. The second kappa shape index (κ2) is 5.77. The quantitative estimate of drug-likeness (QED) is 0.650. The van der Waals surface area contributed by atoms with E-state index in [0.29, 0.717) is 6.61 Å². The Morgan fingerprint density at radius 3 is 2.21 bits per heavy atom. The molecular formula is C17H27NO. The molecule has 1 aliphatic rings. The predicted molar refractivity (Wildman–Crippen MR) is 83.3 cm³/mol. The molecule has 0 saturated carbocycles. The molecule has 0 saturated heterocycles. The zero-order valence-electron chi connectivity index (χ0n) is 13.5. The average molecular weight is 261 g/mol. The van der Waals surface area contributed by atoms with E-state index < -0.39 is 0 Å². The van der Waals surface area contributed by atoms with Crippen molar-refractivity contribution in [2.45, 2.75) is 54.9 Å². The van der Waals surface area contributed by atoms with E-state index >= 15 is 0 Å². The molecule has 0 aliphatic carbocycles. The molecule has 1 heterocycles.